The minimum Gasteiger partial charge on any atom is -0.493 e. The topological polar surface area (TPSA) is 59.6 Å². The van der Waals surface area contributed by atoms with Crippen molar-refractivity contribution in [2.45, 2.75) is 24.8 Å². The summed E-state index contributed by atoms with van der Waals surface area (Å²) >= 11 is 6.13. The molecule has 33 heavy (non-hydrogen) atoms. The Morgan fingerprint density at radius 3 is 2.27 bits per heavy atom. The lowest BCUT2D eigenvalue weighted by Crippen LogP contribution is -2.26. The first-order chi connectivity index (χ1) is 16.1. The number of ketones is 1. The quantitative estimate of drug-likeness (QED) is 0.476. The molecule has 0 aromatic heterocycles. The molecule has 0 saturated heterocycles. The van der Waals surface area contributed by atoms with Crippen LogP contribution in [-0.2, 0) is 4.79 Å². The molecule has 5 nitrogen and oxygen atoms in total. The molecule has 3 aromatic rings. The fourth-order valence-corrected chi connectivity index (χ4v) is 4.87. The molecule has 5 rings (SSSR count). The zero-order valence-electron chi connectivity index (χ0n) is 18.5. The van der Waals surface area contributed by atoms with Crippen molar-refractivity contribution in [1.82, 2.24) is 0 Å². The number of hydrogen-bond donors (Lipinski definition) is 2. The van der Waals surface area contributed by atoms with Gasteiger partial charge >= 0.3 is 0 Å². The zero-order chi connectivity index (χ0) is 22.9. The number of rotatable bonds is 4. The molecule has 2 aliphatic rings. The van der Waals surface area contributed by atoms with Gasteiger partial charge in [-0.3, -0.25) is 4.79 Å². The van der Waals surface area contributed by atoms with E-state index in [0.29, 0.717) is 22.9 Å². The predicted molar refractivity (Wildman–Crippen MR) is 131 cm³/mol. The maximum atomic E-state index is 13.6. The van der Waals surface area contributed by atoms with Crippen LogP contribution in [0, 0.1) is 0 Å². The van der Waals surface area contributed by atoms with Crippen LogP contribution in [0.3, 0.4) is 0 Å². The Morgan fingerprint density at radius 2 is 1.55 bits per heavy atom. The van der Waals surface area contributed by atoms with E-state index in [1.807, 2.05) is 66.7 Å². The Labute approximate surface area is 198 Å². The molecule has 0 amide bonds. The Hall–Kier alpha value is -3.44. The van der Waals surface area contributed by atoms with Crippen LogP contribution in [0.15, 0.2) is 78.0 Å². The molecular formula is C27H25ClN2O3. The summed E-state index contributed by atoms with van der Waals surface area (Å²) in [5, 5.41) is 7.83. The summed E-state index contributed by atoms with van der Waals surface area (Å²) in [6.07, 6.45) is 1.15. The highest BCUT2D eigenvalue weighted by Gasteiger charge is 2.36. The molecule has 2 N–H and O–H groups in total. The van der Waals surface area contributed by atoms with Gasteiger partial charge in [0.05, 0.1) is 31.6 Å². The van der Waals surface area contributed by atoms with Gasteiger partial charge in [0, 0.05) is 22.7 Å². The molecule has 0 spiro atoms. The van der Waals surface area contributed by atoms with Crippen molar-refractivity contribution in [3.05, 3.63) is 94.1 Å². The lowest BCUT2D eigenvalue weighted by atomic mass is 9.78. The number of anilines is 2. The highest BCUT2D eigenvalue weighted by molar-refractivity contribution is 6.30. The number of ether oxygens (including phenoxy) is 2. The van der Waals surface area contributed by atoms with Crippen LogP contribution in [0.4, 0.5) is 11.4 Å². The first kappa shape index (κ1) is 21.4. The third-order valence-electron chi connectivity index (χ3n) is 6.39. The Morgan fingerprint density at radius 1 is 0.848 bits per heavy atom. The first-order valence-electron chi connectivity index (χ1n) is 10.9. The van der Waals surface area contributed by atoms with Crippen LogP contribution in [-0.4, -0.2) is 20.0 Å². The van der Waals surface area contributed by atoms with Gasteiger partial charge in [-0.05, 0) is 59.9 Å². The zero-order valence-corrected chi connectivity index (χ0v) is 19.3. The maximum Gasteiger partial charge on any atom is 0.163 e. The van der Waals surface area contributed by atoms with Gasteiger partial charge in [-0.15, -0.1) is 0 Å². The summed E-state index contributed by atoms with van der Waals surface area (Å²) in [6.45, 7) is 0. The number of halogens is 1. The van der Waals surface area contributed by atoms with E-state index < -0.39 is 0 Å². The average Bonchev–Trinajstić information content (AvgIpc) is 3.01. The summed E-state index contributed by atoms with van der Waals surface area (Å²) < 4.78 is 10.9. The van der Waals surface area contributed by atoms with Gasteiger partial charge in [0.1, 0.15) is 0 Å². The van der Waals surface area contributed by atoms with Crippen LogP contribution in [0.1, 0.15) is 35.9 Å². The van der Waals surface area contributed by atoms with Crippen LogP contribution >= 0.6 is 11.6 Å². The molecule has 2 atom stereocenters. The van der Waals surface area contributed by atoms with Crippen molar-refractivity contribution in [2.24, 2.45) is 0 Å². The Balaban J connectivity index is 1.57. The number of carbonyl (C=O) groups excluding carboxylic acids is 1. The molecular weight excluding hydrogens is 436 g/mol. The molecule has 0 bridgehead atoms. The smallest absolute Gasteiger partial charge is 0.163 e. The number of nitrogens with one attached hydrogen (secondary N) is 2. The third-order valence-corrected chi connectivity index (χ3v) is 6.64. The molecule has 3 aromatic carbocycles. The second kappa shape index (κ2) is 8.83. The van der Waals surface area contributed by atoms with Gasteiger partial charge in [0.15, 0.2) is 17.3 Å². The molecule has 6 heteroatoms. The monoisotopic (exact) mass is 460 g/mol. The van der Waals surface area contributed by atoms with E-state index in [4.69, 9.17) is 21.1 Å². The summed E-state index contributed by atoms with van der Waals surface area (Å²) in [6, 6.07) is 21.4. The summed E-state index contributed by atoms with van der Waals surface area (Å²) in [7, 11) is 3.25. The van der Waals surface area contributed by atoms with Crippen molar-refractivity contribution in [1.29, 1.82) is 0 Å². The molecule has 168 valence electrons. The van der Waals surface area contributed by atoms with Crippen molar-refractivity contribution < 1.29 is 14.3 Å². The van der Waals surface area contributed by atoms with E-state index in [1.165, 1.54) is 0 Å². The molecule has 1 aliphatic carbocycles. The normalized spacial score (nSPS) is 19.5. The van der Waals surface area contributed by atoms with E-state index in [9.17, 15) is 4.79 Å². The molecule has 0 fully saturated rings. The van der Waals surface area contributed by atoms with Crippen LogP contribution in [0.5, 0.6) is 11.5 Å². The molecule has 1 aliphatic heterocycles. The standard InChI is InChI=1S/C27H25ClN2O3/c1-32-24-12-9-17(15-25(24)33-2)18-13-22-26(23(31)14-18)27(16-7-10-19(28)11-8-16)30-21-6-4-3-5-20(21)29-22/h3-12,15,18,27,29-30H,13-14H2,1-2H3/t18-,27-/m1/s1. The number of fused-ring (bicyclic) bond motifs is 1. The lowest BCUT2D eigenvalue weighted by Gasteiger charge is -2.30. The van der Waals surface area contributed by atoms with Gasteiger partial charge in [0.25, 0.3) is 0 Å². The largest absolute Gasteiger partial charge is 0.493 e. The van der Waals surface area contributed by atoms with Gasteiger partial charge < -0.3 is 20.1 Å². The number of para-hydroxylation sites is 2. The summed E-state index contributed by atoms with van der Waals surface area (Å²) in [4.78, 5) is 13.6. The van der Waals surface area contributed by atoms with E-state index in [-0.39, 0.29) is 17.7 Å². The fraction of sp³-hybridized carbons (Fsp3) is 0.222. The second-order valence-corrected chi connectivity index (χ2v) is 8.77. The van der Waals surface area contributed by atoms with Crippen molar-refractivity contribution in [3.8, 4) is 11.5 Å². The number of hydrogen-bond acceptors (Lipinski definition) is 5. The van der Waals surface area contributed by atoms with E-state index in [1.54, 1.807) is 14.2 Å². The summed E-state index contributed by atoms with van der Waals surface area (Å²) in [5.41, 5.74) is 5.71. The van der Waals surface area contributed by atoms with Crippen LogP contribution in [0.2, 0.25) is 5.02 Å². The molecule has 0 saturated carbocycles. The Bertz CT molecular complexity index is 1240. The number of carbonyl (C=O) groups is 1. The Kier molecular flexibility index (Phi) is 5.73. The van der Waals surface area contributed by atoms with Crippen molar-refractivity contribution in [2.75, 3.05) is 24.9 Å². The molecule has 0 unspecified atom stereocenters. The van der Waals surface area contributed by atoms with E-state index in [0.717, 1.165) is 40.2 Å². The number of allylic oxidation sites excluding steroid dienone is 1. The van der Waals surface area contributed by atoms with E-state index in [2.05, 4.69) is 10.6 Å². The minimum absolute atomic E-state index is 0.0414. The first-order valence-corrected chi connectivity index (χ1v) is 11.3. The highest BCUT2D eigenvalue weighted by atomic mass is 35.5. The van der Waals surface area contributed by atoms with Gasteiger partial charge in [0.2, 0.25) is 0 Å². The number of benzene rings is 3. The fourth-order valence-electron chi connectivity index (χ4n) is 4.74. The SMILES string of the molecule is COc1ccc([C@H]2CC(=O)C3=C(C2)Nc2ccccc2N[C@@H]3c2ccc(Cl)cc2)cc1OC. The number of methoxy groups -OCH3 is 2. The predicted octanol–water partition coefficient (Wildman–Crippen LogP) is 6.34. The van der Waals surface area contributed by atoms with Crippen molar-refractivity contribution >= 4 is 28.8 Å². The minimum atomic E-state index is -0.257. The number of Topliss-reactive ketones (excluding diaryl/α,β-unsaturated/α-hetero) is 1. The highest BCUT2D eigenvalue weighted by Crippen LogP contribution is 2.45. The lowest BCUT2D eigenvalue weighted by molar-refractivity contribution is -0.116. The van der Waals surface area contributed by atoms with Crippen LogP contribution < -0.4 is 20.1 Å². The molecule has 0 radical (unpaired) electrons. The van der Waals surface area contributed by atoms with E-state index >= 15 is 0 Å². The second-order valence-electron chi connectivity index (χ2n) is 8.33. The van der Waals surface area contributed by atoms with Gasteiger partial charge in [-0.1, -0.05) is 41.9 Å². The average molecular weight is 461 g/mol. The summed E-state index contributed by atoms with van der Waals surface area (Å²) in [5.74, 6) is 1.52. The molecule has 1 heterocycles. The third kappa shape index (κ3) is 4.05. The van der Waals surface area contributed by atoms with Gasteiger partial charge in [-0.25, -0.2) is 0 Å². The van der Waals surface area contributed by atoms with Gasteiger partial charge in [-0.2, -0.15) is 0 Å². The maximum absolute atomic E-state index is 13.6. The van der Waals surface area contributed by atoms with Crippen LogP contribution in [0.25, 0.3) is 0 Å². The van der Waals surface area contributed by atoms with Crippen molar-refractivity contribution in [3.63, 3.8) is 0 Å².